The van der Waals surface area contributed by atoms with Gasteiger partial charge in [-0.15, -0.1) is 0 Å². The van der Waals surface area contributed by atoms with Gasteiger partial charge in [0, 0.05) is 55.5 Å². The highest BCUT2D eigenvalue weighted by atomic mass is 32.1. The van der Waals surface area contributed by atoms with Crippen molar-refractivity contribution in [2.45, 2.75) is 57.3 Å². The van der Waals surface area contributed by atoms with Crippen LogP contribution < -0.4 is 10.5 Å². The van der Waals surface area contributed by atoms with Gasteiger partial charge in [0.2, 0.25) is 0 Å². The number of carbonyl (C=O) groups excluding carboxylic acids is 1. The van der Waals surface area contributed by atoms with Crippen molar-refractivity contribution >= 4 is 40.6 Å². The summed E-state index contributed by atoms with van der Waals surface area (Å²) in [5.74, 6) is 2.45. The number of aryl methyl sites for hydroxylation is 1. The fourth-order valence-corrected chi connectivity index (χ4v) is 6.61. The maximum atomic E-state index is 13.7. The first kappa shape index (κ1) is 27.1. The third-order valence-electron chi connectivity index (χ3n) is 8.75. The highest BCUT2D eigenvalue weighted by Crippen LogP contribution is 2.40. The van der Waals surface area contributed by atoms with E-state index in [9.17, 15) is 9.90 Å². The molecule has 3 aromatic heterocycles. The minimum Gasteiger partial charge on any atom is -0.494 e. The maximum absolute atomic E-state index is 13.7. The van der Waals surface area contributed by atoms with Crippen LogP contribution in [0.15, 0.2) is 36.5 Å². The first-order valence-corrected chi connectivity index (χ1v) is 15.1. The number of piperidine rings is 1. The number of likely N-dealkylation sites (tertiary alicyclic amines) is 1. The van der Waals surface area contributed by atoms with Gasteiger partial charge in [0.25, 0.3) is 5.91 Å². The summed E-state index contributed by atoms with van der Waals surface area (Å²) in [7, 11) is 1.63. The van der Waals surface area contributed by atoms with Gasteiger partial charge >= 0.3 is 0 Å². The molecule has 0 radical (unpaired) electrons. The molecule has 9 nitrogen and oxygen atoms in total. The zero-order chi connectivity index (χ0) is 28.0. The highest BCUT2D eigenvalue weighted by Gasteiger charge is 2.47. The Morgan fingerprint density at radius 1 is 1.18 bits per heavy atom. The van der Waals surface area contributed by atoms with Crippen molar-refractivity contribution in [3.63, 3.8) is 0 Å². The van der Waals surface area contributed by atoms with Crippen LogP contribution in [0.5, 0.6) is 5.75 Å². The number of aromatic nitrogens is 4. The van der Waals surface area contributed by atoms with Gasteiger partial charge in [-0.1, -0.05) is 0 Å². The van der Waals surface area contributed by atoms with Gasteiger partial charge in [0.15, 0.2) is 5.82 Å². The van der Waals surface area contributed by atoms with E-state index in [4.69, 9.17) is 20.4 Å². The Hall–Kier alpha value is -3.08. The van der Waals surface area contributed by atoms with Crippen molar-refractivity contribution in [2.24, 2.45) is 17.6 Å². The summed E-state index contributed by atoms with van der Waals surface area (Å²) in [6.07, 6.45) is 8.64. The second-order valence-electron chi connectivity index (χ2n) is 11.1. The number of pyridine rings is 1. The van der Waals surface area contributed by atoms with Gasteiger partial charge in [-0.05, 0) is 80.5 Å². The van der Waals surface area contributed by atoms with Gasteiger partial charge < -0.3 is 29.6 Å². The van der Waals surface area contributed by atoms with Crippen molar-refractivity contribution in [3.8, 4) is 17.3 Å². The van der Waals surface area contributed by atoms with E-state index in [1.54, 1.807) is 13.4 Å². The SMILES string of the molecule is COc1cc(C(=O)N2C[C@H]3CC[C@@H]2[C@@H]3N)cc2nc(-c3cc4cccnc4n3CC3CC3)n(CCCO)c12.CS. The van der Waals surface area contributed by atoms with Crippen LogP contribution in [0.2, 0.25) is 0 Å². The van der Waals surface area contributed by atoms with Crippen LogP contribution in [0.4, 0.5) is 0 Å². The number of aliphatic hydroxyl groups is 1. The molecule has 1 saturated heterocycles. The standard InChI is InChI=1S/C29H34N6O3.CH4S/c1-38-24-14-20(29(37)35-16-19-7-8-22(35)25(19)30)12-21-26(24)33(10-3-11-36)28(32-21)23-13-18-4-2-9-31-27(18)34(23)15-17-5-6-17;1-2/h2,4,9,12-14,17,19,22,25,36H,3,5-8,10-11,15-16,30H2,1H3;2H,1H3/t19-,22-,25-;/m1./s1. The van der Waals surface area contributed by atoms with E-state index in [0.717, 1.165) is 54.0 Å². The van der Waals surface area contributed by atoms with E-state index in [2.05, 4.69) is 33.9 Å². The molecule has 1 aliphatic heterocycles. The average molecular weight is 563 g/mol. The Bertz CT molecular complexity index is 1540. The van der Waals surface area contributed by atoms with Crippen molar-refractivity contribution < 1.29 is 14.6 Å². The molecule has 3 atom stereocenters. The van der Waals surface area contributed by atoms with Crippen molar-refractivity contribution in [1.29, 1.82) is 0 Å². The molecule has 4 heterocycles. The minimum absolute atomic E-state index is 0.00800. The zero-order valence-corrected chi connectivity index (χ0v) is 24.1. The van der Waals surface area contributed by atoms with Crippen LogP contribution in [0.3, 0.4) is 0 Å². The van der Waals surface area contributed by atoms with Gasteiger partial charge in [0.1, 0.15) is 16.9 Å². The molecule has 2 aliphatic carbocycles. The monoisotopic (exact) mass is 562 g/mol. The number of amides is 1. The predicted octanol–water partition coefficient (Wildman–Crippen LogP) is 3.96. The third kappa shape index (κ3) is 4.55. The minimum atomic E-state index is -0.00800. The lowest BCUT2D eigenvalue weighted by Crippen LogP contribution is -2.41. The lowest BCUT2D eigenvalue weighted by Gasteiger charge is -2.27. The Balaban J connectivity index is 0.00000142. The quantitative estimate of drug-likeness (QED) is 0.280. The number of carbonyl (C=O) groups is 1. The first-order valence-electron chi connectivity index (χ1n) is 14.2. The summed E-state index contributed by atoms with van der Waals surface area (Å²) in [6, 6.07) is 10.1. The number of hydrogen-bond donors (Lipinski definition) is 3. The Labute approximate surface area is 239 Å². The summed E-state index contributed by atoms with van der Waals surface area (Å²) in [4.78, 5) is 25.4. The number of methoxy groups -OCH3 is 1. The predicted molar refractivity (Wildman–Crippen MR) is 160 cm³/mol. The Morgan fingerprint density at radius 2 is 2.00 bits per heavy atom. The van der Waals surface area contributed by atoms with E-state index in [0.29, 0.717) is 41.6 Å². The molecule has 212 valence electrons. The summed E-state index contributed by atoms with van der Waals surface area (Å²) in [6.45, 7) is 2.27. The third-order valence-corrected chi connectivity index (χ3v) is 8.75. The number of nitrogens with zero attached hydrogens (tertiary/aromatic N) is 5. The molecular formula is C30H38N6O3S. The second-order valence-corrected chi connectivity index (χ2v) is 11.1. The molecule has 0 unspecified atom stereocenters. The summed E-state index contributed by atoms with van der Waals surface area (Å²) >= 11 is 3.53. The molecule has 4 aromatic rings. The number of rotatable bonds is 8. The summed E-state index contributed by atoms with van der Waals surface area (Å²) in [5.41, 5.74) is 10.5. The summed E-state index contributed by atoms with van der Waals surface area (Å²) in [5, 5.41) is 10.8. The van der Waals surface area contributed by atoms with Gasteiger partial charge in [-0.3, -0.25) is 4.79 Å². The lowest BCUT2D eigenvalue weighted by atomic mass is 10.1. The number of benzene rings is 1. The number of imidazole rings is 1. The number of fused-ring (bicyclic) bond motifs is 4. The van der Waals surface area contributed by atoms with Crippen LogP contribution in [0.1, 0.15) is 42.5 Å². The Morgan fingerprint density at radius 3 is 2.67 bits per heavy atom. The normalized spacial score (nSPS) is 21.7. The van der Waals surface area contributed by atoms with Crippen molar-refractivity contribution in [1.82, 2.24) is 24.0 Å². The number of aliphatic hydroxyl groups excluding tert-OH is 1. The molecule has 3 fully saturated rings. The van der Waals surface area contributed by atoms with Gasteiger partial charge in [0.05, 0.1) is 18.3 Å². The number of ether oxygens (including phenoxy) is 1. The number of thiol groups is 1. The maximum Gasteiger partial charge on any atom is 0.254 e. The molecule has 3 aliphatic rings. The molecule has 3 N–H and O–H groups in total. The van der Waals surface area contributed by atoms with Crippen molar-refractivity contribution in [2.75, 3.05) is 26.5 Å². The largest absolute Gasteiger partial charge is 0.494 e. The fraction of sp³-hybridized carbons (Fsp3) is 0.500. The van der Waals surface area contributed by atoms with Crippen LogP contribution >= 0.6 is 12.6 Å². The van der Waals surface area contributed by atoms with Crippen LogP contribution in [-0.4, -0.2) is 73.6 Å². The van der Waals surface area contributed by atoms with Crippen LogP contribution in [-0.2, 0) is 13.1 Å². The molecule has 2 saturated carbocycles. The molecule has 10 heteroatoms. The molecule has 40 heavy (non-hydrogen) atoms. The average Bonchev–Trinajstić information content (AvgIpc) is 3.34. The van der Waals surface area contributed by atoms with Crippen LogP contribution in [0, 0.1) is 11.8 Å². The molecule has 2 bridgehead atoms. The molecule has 1 aromatic carbocycles. The van der Waals surface area contributed by atoms with E-state index in [1.807, 2.05) is 29.3 Å². The molecule has 0 spiro atoms. The van der Waals surface area contributed by atoms with Gasteiger partial charge in [-0.2, -0.15) is 12.6 Å². The lowest BCUT2D eigenvalue weighted by molar-refractivity contribution is 0.0700. The highest BCUT2D eigenvalue weighted by molar-refractivity contribution is 7.79. The zero-order valence-electron chi connectivity index (χ0n) is 23.2. The molecular weight excluding hydrogens is 524 g/mol. The fourth-order valence-electron chi connectivity index (χ4n) is 6.61. The number of nitrogens with two attached hydrogens (primary N) is 1. The smallest absolute Gasteiger partial charge is 0.254 e. The first-order chi connectivity index (χ1) is 19.6. The summed E-state index contributed by atoms with van der Waals surface area (Å²) < 4.78 is 10.3. The van der Waals surface area contributed by atoms with Gasteiger partial charge in [-0.25, -0.2) is 9.97 Å². The topological polar surface area (TPSA) is 111 Å². The molecule has 1 amide bonds. The number of hydrogen-bond acceptors (Lipinski definition) is 7. The Kier molecular flexibility index (Phi) is 7.50. The van der Waals surface area contributed by atoms with E-state index in [-0.39, 0.29) is 24.6 Å². The molecule has 7 rings (SSSR count). The van der Waals surface area contributed by atoms with E-state index >= 15 is 0 Å². The van der Waals surface area contributed by atoms with E-state index in [1.165, 1.54) is 12.8 Å². The van der Waals surface area contributed by atoms with Crippen molar-refractivity contribution in [3.05, 3.63) is 42.1 Å². The van der Waals surface area contributed by atoms with Crippen LogP contribution in [0.25, 0.3) is 33.6 Å². The second kappa shape index (κ2) is 11.1. The van der Waals surface area contributed by atoms with E-state index < -0.39 is 0 Å².